The number of nitrogens with one attached hydrogen (secondary N) is 2. The van der Waals surface area contributed by atoms with E-state index in [0.717, 1.165) is 55.5 Å². The van der Waals surface area contributed by atoms with Crippen molar-refractivity contribution in [1.29, 1.82) is 0 Å². The molecule has 0 aromatic carbocycles. The van der Waals surface area contributed by atoms with E-state index in [1.54, 1.807) is 11.3 Å². The van der Waals surface area contributed by atoms with Crippen molar-refractivity contribution in [2.75, 3.05) is 25.4 Å². The third-order valence-electron chi connectivity index (χ3n) is 5.54. The van der Waals surface area contributed by atoms with E-state index in [4.69, 9.17) is 0 Å². The average Bonchev–Trinajstić information content (AvgIpc) is 3.34. The summed E-state index contributed by atoms with van der Waals surface area (Å²) in [5, 5.41) is 3.84. The van der Waals surface area contributed by atoms with Crippen LogP contribution in [0.1, 0.15) is 42.5 Å². The highest BCUT2D eigenvalue weighted by Crippen LogP contribution is 2.34. The number of carbonyl (C=O) groups is 1. The molecule has 8 heteroatoms. The van der Waals surface area contributed by atoms with Gasteiger partial charge in [0.15, 0.2) is 0 Å². The number of thioether (sulfide) groups is 1. The summed E-state index contributed by atoms with van der Waals surface area (Å²) >= 11 is 3.15. The lowest BCUT2D eigenvalue weighted by atomic mass is 10.2. The number of thiophene rings is 1. The fourth-order valence-corrected chi connectivity index (χ4v) is 6.18. The predicted octanol–water partition coefficient (Wildman–Crippen LogP) is 2.31. The van der Waals surface area contributed by atoms with Crippen LogP contribution in [0.4, 0.5) is 0 Å². The number of hydrogen-bond donors (Lipinski definition) is 2. The Balaban J connectivity index is 1.29. The van der Waals surface area contributed by atoms with Crippen molar-refractivity contribution in [2.45, 2.75) is 50.8 Å². The maximum absolute atomic E-state index is 12.4. The maximum Gasteiger partial charge on any atom is 0.259 e. The van der Waals surface area contributed by atoms with Gasteiger partial charge in [-0.1, -0.05) is 6.92 Å². The molecule has 1 saturated heterocycles. The normalized spacial score (nSPS) is 19.7. The predicted molar refractivity (Wildman–Crippen MR) is 112 cm³/mol. The number of carbonyl (C=O) groups excluding carboxylic acids is 1. The molecule has 2 aromatic heterocycles. The standard InChI is InChI=1S/C19H26N4O2S2/c1-2-23-8-4-5-12(23)9-20-16(24)11-26-10-15-21-18(25)17-13-6-3-7-14(13)27-19(17)22-15/h12H,2-11H2,1H3,(H,20,24)(H,21,22,25). The number of fused-ring (bicyclic) bond motifs is 3. The van der Waals surface area contributed by atoms with Gasteiger partial charge < -0.3 is 10.3 Å². The van der Waals surface area contributed by atoms with E-state index in [1.165, 1.54) is 28.6 Å². The van der Waals surface area contributed by atoms with Gasteiger partial charge in [0.05, 0.1) is 16.9 Å². The lowest BCUT2D eigenvalue weighted by Gasteiger charge is -2.22. The zero-order valence-electron chi connectivity index (χ0n) is 15.7. The Hall–Kier alpha value is -1.38. The summed E-state index contributed by atoms with van der Waals surface area (Å²) in [5.74, 6) is 1.66. The van der Waals surface area contributed by atoms with E-state index in [1.807, 2.05) is 0 Å². The van der Waals surface area contributed by atoms with Crippen LogP contribution in [0.5, 0.6) is 0 Å². The van der Waals surface area contributed by atoms with E-state index < -0.39 is 0 Å². The first kappa shape index (κ1) is 19.0. The molecule has 3 heterocycles. The smallest absolute Gasteiger partial charge is 0.259 e. The minimum atomic E-state index is -0.0275. The topological polar surface area (TPSA) is 78.1 Å². The van der Waals surface area contributed by atoms with Gasteiger partial charge in [-0.25, -0.2) is 4.98 Å². The highest BCUT2D eigenvalue weighted by atomic mass is 32.2. The summed E-state index contributed by atoms with van der Waals surface area (Å²) in [6, 6.07) is 0.477. The molecular weight excluding hydrogens is 380 g/mol. The van der Waals surface area contributed by atoms with Gasteiger partial charge in [0.1, 0.15) is 10.7 Å². The van der Waals surface area contributed by atoms with Gasteiger partial charge >= 0.3 is 0 Å². The van der Waals surface area contributed by atoms with Crippen LogP contribution in [0, 0.1) is 0 Å². The van der Waals surface area contributed by atoms with Gasteiger partial charge in [-0.15, -0.1) is 23.1 Å². The summed E-state index contributed by atoms with van der Waals surface area (Å²) < 4.78 is 0. The van der Waals surface area contributed by atoms with Crippen molar-refractivity contribution in [1.82, 2.24) is 20.2 Å². The van der Waals surface area contributed by atoms with Crippen LogP contribution in [-0.2, 0) is 23.4 Å². The molecule has 4 rings (SSSR count). The lowest BCUT2D eigenvalue weighted by Crippen LogP contribution is -2.40. The number of likely N-dealkylation sites (tertiary alicyclic amines) is 1. The van der Waals surface area contributed by atoms with Crippen molar-refractivity contribution in [3.8, 4) is 0 Å². The zero-order valence-corrected chi connectivity index (χ0v) is 17.3. The number of amides is 1. The molecule has 27 heavy (non-hydrogen) atoms. The SMILES string of the molecule is CCN1CCCC1CNC(=O)CSCc1nc2sc3c(c2c(=O)[nH]1)CCC3. The number of aryl methyl sites for hydroxylation is 2. The fourth-order valence-electron chi connectivity index (χ4n) is 4.18. The average molecular weight is 407 g/mol. The molecule has 1 atom stereocenters. The van der Waals surface area contributed by atoms with Crippen LogP contribution in [0.3, 0.4) is 0 Å². The Morgan fingerprint density at radius 1 is 1.41 bits per heavy atom. The van der Waals surface area contributed by atoms with Crippen molar-refractivity contribution in [3.05, 3.63) is 26.6 Å². The van der Waals surface area contributed by atoms with Gasteiger partial charge in [-0.2, -0.15) is 0 Å². The maximum atomic E-state index is 12.4. The highest BCUT2D eigenvalue weighted by Gasteiger charge is 2.23. The summed E-state index contributed by atoms with van der Waals surface area (Å²) in [5.41, 5.74) is 1.18. The molecule has 2 aliphatic rings. The number of H-pyrrole nitrogens is 1. The highest BCUT2D eigenvalue weighted by molar-refractivity contribution is 7.99. The largest absolute Gasteiger partial charge is 0.354 e. The summed E-state index contributed by atoms with van der Waals surface area (Å²) in [6.45, 7) is 5.08. The van der Waals surface area contributed by atoms with Crippen LogP contribution < -0.4 is 10.9 Å². The third kappa shape index (κ3) is 4.07. The second-order valence-electron chi connectivity index (χ2n) is 7.27. The molecule has 1 aliphatic heterocycles. The second-order valence-corrected chi connectivity index (χ2v) is 9.34. The monoisotopic (exact) mass is 406 g/mol. The summed E-state index contributed by atoms with van der Waals surface area (Å²) in [6.07, 6.45) is 5.58. The van der Waals surface area contributed by atoms with Crippen LogP contribution in [-0.4, -0.2) is 52.2 Å². The van der Waals surface area contributed by atoms with Crippen LogP contribution >= 0.6 is 23.1 Å². The van der Waals surface area contributed by atoms with Gasteiger partial charge in [0.25, 0.3) is 5.56 Å². The quantitative estimate of drug-likeness (QED) is 0.738. The molecule has 0 radical (unpaired) electrons. The molecule has 1 amide bonds. The van der Waals surface area contributed by atoms with Gasteiger partial charge in [0.2, 0.25) is 5.91 Å². The molecule has 1 fully saturated rings. The Bertz CT molecular complexity index is 892. The van der Waals surface area contributed by atoms with E-state index >= 15 is 0 Å². The Morgan fingerprint density at radius 3 is 3.15 bits per heavy atom. The number of likely N-dealkylation sites (N-methyl/N-ethyl adjacent to an activating group) is 1. The number of rotatable bonds is 7. The molecule has 2 N–H and O–H groups in total. The Kier molecular flexibility index (Phi) is 5.85. The molecule has 0 saturated carbocycles. The minimum absolute atomic E-state index is 0.0275. The van der Waals surface area contributed by atoms with E-state index in [9.17, 15) is 9.59 Å². The van der Waals surface area contributed by atoms with E-state index in [2.05, 4.69) is 27.1 Å². The van der Waals surface area contributed by atoms with Crippen LogP contribution in [0.25, 0.3) is 10.2 Å². The lowest BCUT2D eigenvalue weighted by molar-refractivity contribution is -0.118. The molecule has 1 unspecified atom stereocenters. The number of nitrogens with zero attached hydrogens (tertiary/aromatic N) is 2. The molecular formula is C19H26N4O2S2. The number of aromatic nitrogens is 2. The van der Waals surface area contributed by atoms with E-state index in [0.29, 0.717) is 23.4 Å². The van der Waals surface area contributed by atoms with Crippen molar-refractivity contribution in [2.24, 2.45) is 0 Å². The van der Waals surface area contributed by atoms with Crippen LogP contribution in [0.2, 0.25) is 0 Å². The number of hydrogen-bond acceptors (Lipinski definition) is 6. The number of aromatic amines is 1. The first-order valence-electron chi connectivity index (χ1n) is 9.77. The molecule has 6 nitrogen and oxygen atoms in total. The molecule has 1 aliphatic carbocycles. The first-order chi connectivity index (χ1) is 13.2. The molecule has 0 bridgehead atoms. The molecule has 0 spiro atoms. The summed E-state index contributed by atoms with van der Waals surface area (Å²) in [4.78, 5) is 36.7. The van der Waals surface area contributed by atoms with Crippen molar-refractivity contribution >= 4 is 39.2 Å². The molecule has 2 aromatic rings. The van der Waals surface area contributed by atoms with Gasteiger partial charge in [-0.05, 0) is 50.8 Å². The first-order valence-corrected chi connectivity index (χ1v) is 11.7. The third-order valence-corrected chi connectivity index (χ3v) is 7.67. The minimum Gasteiger partial charge on any atom is -0.354 e. The van der Waals surface area contributed by atoms with Crippen molar-refractivity contribution in [3.63, 3.8) is 0 Å². The zero-order chi connectivity index (χ0) is 18.8. The van der Waals surface area contributed by atoms with E-state index in [-0.39, 0.29) is 11.5 Å². The van der Waals surface area contributed by atoms with Crippen molar-refractivity contribution < 1.29 is 4.79 Å². The fraction of sp³-hybridized carbons (Fsp3) is 0.632. The molecule has 146 valence electrons. The second kappa shape index (κ2) is 8.32. The Labute approximate surface area is 167 Å². The summed E-state index contributed by atoms with van der Waals surface area (Å²) in [7, 11) is 0. The van der Waals surface area contributed by atoms with Gasteiger partial charge in [-0.3, -0.25) is 14.5 Å². The van der Waals surface area contributed by atoms with Gasteiger partial charge in [0, 0.05) is 17.5 Å². The Morgan fingerprint density at radius 2 is 2.30 bits per heavy atom. The van der Waals surface area contributed by atoms with Crippen LogP contribution in [0.15, 0.2) is 4.79 Å².